The van der Waals surface area contributed by atoms with Crippen molar-refractivity contribution in [3.8, 4) is 0 Å². The van der Waals surface area contributed by atoms with Crippen LogP contribution in [0.25, 0.3) is 0 Å². The molecule has 0 heterocycles. The number of aromatic carboxylic acids is 1. The standard InChI is InChI=1S/C11H12BrNO5S/c12-9-3-6(11(15)16)1-2-10(9)19(17,18)13-7-4-8(14)5-7/h1-3,7-8,13-14H,4-5H2,(H,15,16). The molecule has 1 aliphatic carbocycles. The van der Waals surface area contributed by atoms with Crippen LogP contribution in [0.15, 0.2) is 27.6 Å². The van der Waals surface area contributed by atoms with E-state index in [0.29, 0.717) is 12.8 Å². The monoisotopic (exact) mass is 349 g/mol. The summed E-state index contributed by atoms with van der Waals surface area (Å²) in [6.45, 7) is 0. The highest BCUT2D eigenvalue weighted by molar-refractivity contribution is 9.10. The molecule has 0 atom stereocenters. The van der Waals surface area contributed by atoms with E-state index in [-0.39, 0.29) is 21.0 Å². The molecule has 0 aliphatic heterocycles. The molecule has 0 unspecified atom stereocenters. The van der Waals surface area contributed by atoms with Crippen molar-refractivity contribution in [2.45, 2.75) is 29.9 Å². The smallest absolute Gasteiger partial charge is 0.335 e. The molecule has 8 heteroatoms. The van der Waals surface area contributed by atoms with Gasteiger partial charge in [0, 0.05) is 10.5 Å². The molecule has 6 nitrogen and oxygen atoms in total. The van der Waals surface area contributed by atoms with Gasteiger partial charge in [0.15, 0.2) is 0 Å². The summed E-state index contributed by atoms with van der Waals surface area (Å²) >= 11 is 3.06. The largest absolute Gasteiger partial charge is 0.478 e. The fourth-order valence-electron chi connectivity index (χ4n) is 1.82. The van der Waals surface area contributed by atoms with Gasteiger partial charge in [-0.05, 0) is 47.0 Å². The third-order valence-corrected chi connectivity index (χ3v) is 5.40. The highest BCUT2D eigenvalue weighted by atomic mass is 79.9. The van der Waals surface area contributed by atoms with Gasteiger partial charge in [-0.2, -0.15) is 0 Å². The second-order valence-corrected chi connectivity index (χ2v) is 6.93. The SMILES string of the molecule is O=C(O)c1ccc(S(=O)(=O)NC2CC(O)C2)c(Br)c1. The molecular weight excluding hydrogens is 338 g/mol. The van der Waals surface area contributed by atoms with E-state index in [1.54, 1.807) is 0 Å². The third kappa shape index (κ3) is 3.14. The second-order valence-electron chi connectivity index (χ2n) is 4.39. The van der Waals surface area contributed by atoms with Crippen LogP contribution in [0.5, 0.6) is 0 Å². The first-order chi connectivity index (χ1) is 8.79. The van der Waals surface area contributed by atoms with E-state index in [2.05, 4.69) is 20.7 Å². The summed E-state index contributed by atoms with van der Waals surface area (Å²) in [5.41, 5.74) is 0.00453. The highest BCUT2D eigenvalue weighted by Crippen LogP contribution is 2.26. The zero-order chi connectivity index (χ0) is 14.2. The minimum absolute atomic E-state index is 0.00453. The van der Waals surface area contributed by atoms with E-state index in [1.165, 1.54) is 18.2 Å². The topological polar surface area (TPSA) is 104 Å². The lowest BCUT2D eigenvalue weighted by atomic mass is 9.91. The first kappa shape index (κ1) is 14.4. The minimum atomic E-state index is -3.72. The predicted octanol–water partition coefficient (Wildman–Crippen LogP) is 0.949. The summed E-state index contributed by atoms with van der Waals surface area (Å²) < 4.78 is 26.8. The first-order valence-corrected chi connectivity index (χ1v) is 7.80. The van der Waals surface area contributed by atoms with E-state index in [0.717, 1.165) is 0 Å². The number of aliphatic hydroxyl groups is 1. The van der Waals surface area contributed by atoms with E-state index in [1.807, 2.05) is 0 Å². The van der Waals surface area contributed by atoms with Gasteiger partial charge in [-0.3, -0.25) is 0 Å². The predicted molar refractivity (Wildman–Crippen MR) is 70.5 cm³/mol. The lowest BCUT2D eigenvalue weighted by Crippen LogP contribution is -2.46. The highest BCUT2D eigenvalue weighted by Gasteiger charge is 2.32. The van der Waals surface area contributed by atoms with Crippen molar-refractivity contribution in [3.63, 3.8) is 0 Å². The minimum Gasteiger partial charge on any atom is -0.478 e. The van der Waals surface area contributed by atoms with Crippen LogP contribution < -0.4 is 4.72 Å². The third-order valence-electron chi connectivity index (χ3n) is 2.90. The molecule has 2 rings (SSSR count). The molecule has 1 aromatic rings. The van der Waals surface area contributed by atoms with E-state index in [4.69, 9.17) is 10.2 Å². The van der Waals surface area contributed by atoms with Crippen LogP contribution in [-0.2, 0) is 10.0 Å². The van der Waals surface area contributed by atoms with Gasteiger partial charge in [-0.25, -0.2) is 17.9 Å². The normalized spacial score (nSPS) is 22.8. The first-order valence-electron chi connectivity index (χ1n) is 5.53. The number of rotatable bonds is 4. The number of hydrogen-bond donors (Lipinski definition) is 3. The van der Waals surface area contributed by atoms with Crippen LogP contribution in [0.1, 0.15) is 23.2 Å². The van der Waals surface area contributed by atoms with Gasteiger partial charge in [-0.15, -0.1) is 0 Å². The van der Waals surface area contributed by atoms with Crippen molar-refractivity contribution in [1.29, 1.82) is 0 Å². The van der Waals surface area contributed by atoms with Crippen LogP contribution in [-0.4, -0.2) is 36.7 Å². The molecule has 0 spiro atoms. The molecule has 1 aliphatic rings. The Hall–Kier alpha value is -0.960. The number of nitrogens with one attached hydrogen (secondary N) is 1. The van der Waals surface area contributed by atoms with Crippen molar-refractivity contribution < 1.29 is 23.4 Å². The molecule has 1 fully saturated rings. The Kier molecular flexibility index (Phi) is 3.95. The van der Waals surface area contributed by atoms with Gasteiger partial charge in [-0.1, -0.05) is 0 Å². The van der Waals surface area contributed by atoms with Gasteiger partial charge < -0.3 is 10.2 Å². The lowest BCUT2D eigenvalue weighted by molar-refractivity contribution is 0.0693. The van der Waals surface area contributed by atoms with Gasteiger partial charge >= 0.3 is 5.97 Å². The fraction of sp³-hybridized carbons (Fsp3) is 0.364. The number of aliphatic hydroxyl groups excluding tert-OH is 1. The molecule has 0 saturated heterocycles. The Morgan fingerprint density at radius 3 is 2.47 bits per heavy atom. The van der Waals surface area contributed by atoms with Gasteiger partial charge in [0.1, 0.15) is 0 Å². The van der Waals surface area contributed by atoms with Crippen molar-refractivity contribution in [2.75, 3.05) is 0 Å². The number of carboxylic acids is 1. The molecular formula is C11H12BrNO5S. The molecule has 0 radical (unpaired) electrons. The van der Waals surface area contributed by atoms with E-state index < -0.39 is 22.1 Å². The Morgan fingerprint density at radius 2 is 2.00 bits per heavy atom. The van der Waals surface area contributed by atoms with Gasteiger partial charge in [0.05, 0.1) is 16.6 Å². The molecule has 19 heavy (non-hydrogen) atoms. The quantitative estimate of drug-likeness (QED) is 0.750. The van der Waals surface area contributed by atoms with Gasteiger partial charge in [0.2, 0.25) is 10.0 Å². The Balaban J connectivity index is 2.23. The van der Waals surface area contributed by atoms with Crippen LogP contribution in [0, 0.1) is 0 Å². The van der Waals surface area contributed by atoms with Crippen molar-refractivity contribution in [2.24, 2.45) is 0 Å². The average Bonchev–Trinajstić information content (AvgIpc) is 2.26. The number of carboxylic acid groups (broad SMARTS) is 1. The number of halogens is 1. The summed E-state index contributed by atoms with van der Waals surface area (Å²) in [7, 11) is -3.72. The summed E-state index contributed by atoms with van der Waals surface area (Å²) in [4.78, 5) is 10.8. The molecule has 104 valence electrons. The number of carbonyl (C=O) groups is 1. The van der Waals surface area contributed by atoms with Crippen molar-refractivity contribution in [3.05, 3.63) is 28.2 Å². The van der Waals surface area contributed by atoms with Crippen LogP contribution in [0.3, 0.4) is 0 Å². The molecule has 3 N–H and O–H groups in total. The van der Waals surface area contributed by atoms with Crippen LogP contribution in [0.2, 0.25) is 0 Å². The maximum atomic E-state index is 12.1. The summed E-state index contributed by atoms with van der Waals surface area (Å²) in [6, 6.07) is 3.44. The number of hydrogen-bond acceptors (Lipinski definition) is 4. The Bertz CT molecular complexity index is 610. The second kappa shape index (κ2) is 5.20. The summed E-state index contributed by atoms with van der Waals surface area (Å²) in [6.07, 6.45) is 0.333. The van der Waals surface area contributed by atoms with Gasteiger partial charge in [0.25, 0.3) is 0 Å². The average molecular weight is 350 g/mol. The van der Waals surface area contributed by atoms with Crippen LogP contribution >= 0.6 is 15.9 Å². The van der Waals surface area contributed by atoms with Crippen LogP contribution in [0.4, 0.5) is 0 Å². The summed E-state index contributed by atoms with van der Waals surface area (Å²) in [5.74, 6) is -1.13. The van der Waals surface area contributed by atoms with E-state index in [9.17, 15) is 13.2 Å². The Morgan fingerprint density at radius 1 is 1.37 bits per heavy atom. The molecule has 0 bridgehead atoms. The number of sulfonamides is 1. The zero-order valence-corrected chi connectivity index (χ0v) is 12.1. The maximum Gasteiger partial charge on any atom is 0.335 e. The van der Waals surface area contributed by atoms with E-state index >= 15 is 0 Å². The lowest BCUT2D eigenvalue weighted by Gasteiger charge is -2.31. The Labute approximate surface area is 118 Å². The molecule has 0 aromatic heterocycles. The number of benzene rings is 1. The molecule has 0 amide bonds. The summed E-state index contributed by atoms with van der Waals surface area (Å²) in [5, 5.41) is 17.9. The molecule has 1 aromatic carbocycles. The maximum absolute atomic E-state index is 12.1. The fourth-order valence-corrected chi connectivity index (χ4v) is 4.16. The van der Waals surface area contributed by atoms with Crippen molar-refractivity contribution in [1.82, 2.24) is 4.72 Å². The molecule has 1 saturated carbocycles. The zero-order valence-electron chi connectivity index (χ0n) is 9.71. The van der Waals surface area contributed by atoms with Crippen molar-refractivity contribution >= 4 is 31.9 Å².